The minimum Gasteiger partial charge on any atom is -0.277 e. The van der Waals surface area contributed by atoms with E-state index in [4.69, 9.17) is 0 Å². The van der Waals surface area contributed by atoms with Gasteiger partial charge in [-0.1, -0.05) is 91.0 Å². The number of hydrogen-bond acceptors (Lipinski definition) is 3. The van der Waals surface area contributed by atoms with Crippen LogP contribution < -0.4 is 5.56 Å². The van der Waals surface area contributed by atoms with Crippen LogP contribution in [0.2, 0.25) is 0 Å². The first kappa shape index (κ1) is 19.1. The van der Waals surface area contributed by atoms with Crippen molar-refractivity contribution < 1.29 is 0 Å². The number of fused-ring (bicyclic) bond motifs is 3. The lowest BCUT2D eigenvalue weighted by atomic mass is 9.90. The Bertz CT molecular complexity index is 1660. The summed E-state index contributed by atoms with van der Waals surface area (Å²) in [7, 11) is 0. The highest BCUT2D eigenvalue weighted by Crippen LogP contribution is 2.41. The number of nitrogens with zero attached hydrogens (tertiary/aromatic N) is 3. The van der Waals surface area contributed by atoms with Crippen molar-refractivity contribution in [3.05, 3.63) is 126 Å². The van der Waals surface area contributed by atoms with Gasteiger partial charge in [0.25, 0.3) is 5.56 Å². The van der Waals surface area contributed by atoms with E-state index in [-0.39, 0.29) is 5.56 Å². The Morgan fingerprint density at radius 2 is 1.24 bits per heavy atom. The highest BCUT2D eigenvalue weighted by Gasteiger charge is 2.21. The zero-order valence-electron chi connectivity index (χ0n) is 17.7. The van der Waals surface area contributed by atoms with Crippen LogP contribution in [0, 0.1) is 0 Å². The van der Waals surface area contributed by atoms with Crippen molar-refractivity contribution in [3.63, 3.8) is 0 Å². The molecule has 0 N–H and O–H groups in total. The lowest BCUT2D eigenvalue weighted by Crippen LogP contribution is -2.14. The van der Waals surface area contributed by atoms with Gasteiger partial charge in [-0.25, -0.2) is 4.98 Å². The second kappa shape index (κ2) is 7.84. The molecule has 3 heterocycles. The molecule has 0 aliphatic carbocycles. The standard InChI is InChI=1S/C29H19N3O/c33-29-23-17-10-18-30-28(23)32-25(31-29)19-24(20-11-4-1-5-12-20)26(21-13-6-2-7-14-21)27(32)22-15-8-3-9-16-22/h1-19H. The molecule has 0 aliphatic heterocycles. The summed E-state index contributed by atoms with van der Waals surface area (Å²) < 4.78 is 2.01. The average Bonchev–Trinajstić information content (AvgIpc) is 2.89. The minimum absolute atomic E-state index is 0.274. The van der Waals surface area contributed by atoms with Gasteiger partial charge < -0.3 is 0 Å². The zero-order valence-corrected chi connectivity index (χ0v) is 17.7. The average molecular weight is 425 g/mol. The Morgan fingerprint density at radius 3 is 1.91 bits per heavy atom. The smallest absolute Gasteiger partial charge is 0.277 e. The van der Waals surface area contributed by atoms with Gasteiger partial charge in [0.05, 0.1) is 11.1 Å². The van der Waals surface area contributed by atoms with Crippen molar-refractivity contribution >= 4 is 16.7 Å². The van der Waals surface area contributed by atoms with E-state index in [0.717, 1.165) is 33.5 Å². The Hall–Kier alpha value is -4.57. The van der Waals surface area contributed by atoms with Gasteiger partial charge in [-0.15, -0.1) is 0 Å². The molecule has 0 aliphatic rings. The van der Waals surface area contributed by atoms with Crippen LogP contribution in [-0.2, 0) is 0 Å². The largest absolute Gasteiger partial charge is 0.282 e. The highest BCUT2D eigenvalue weighted by atomic mass is 16.1. The maximum atomic E-state index is 12.9. The van der Waals surface area contributed by atoms with E-state index in [1.165, 1.54) is 0 Å². The molecule has 0 saturated heterocycles. The molecule has 0 unspecified atom stereocenters. The maximum Gasteiger partial charge on any atom is 0.282 e. The first-order valence-corrected chi connectivity index (χ1v) is 10.8. The fourth-order valence-corrected chi connectivity index (χ4v) is 4.43. The summed E-state index contributed by atoms with van der Waals surface area (Å²) in [4.78, 5) is 22.0. The molecule has 0 amide bonds. The topological polar surface area (TPSA) is 47.3 Å². The Balaban J connectivity index is 1.90. The monoisotopic (exact) mass is 425 g/mol. The molecule has 6 aromatic rings. The summed E-state index contributed by atoms with van der Waals surface area (Å²) in [6.07, 6.45) is 1.72. The van der Waals surface area contributed by atoms with Crippen LogP contribution in [0.15, 0.2) is 120 Å². The number of rotatable bonds is 3. The van der Waals surface area contributed by atoms with Crippen molar-refractivity contribution in [1.82, 2.24) is 14.4 Å². The van der Waals surface area contributed by atoms with Crippen molar-refractivity contribution in [2.45, 2.75) is 0 Å². The van der Waals surface area contributed by atoms with Crippen molar-refractivity contribution in [1.29, 1.82) is 0 Å². The van der Waals surface area contributed by atoms with Crippen LogP contribution in [0.3, 0.4) is 0 Å². The van der Waals surface area contributed by atoms with E-state index in [0.29, 0.717) is 16.7 Å². The Labute approximate surface area is 190 Å². The predicted molar refractivity (Wildman–Crippen MR) is 133 cm³/mol. The third kappa shape index (κ3) is 3.20. The molecule has 0 fully saturated rings. The number of benzene rings is 3. The summed E-state index contributed by atoms with van der Waals surface area (Å²) in [5.74, 6) is 0. The van der Waals surface area contributed by atoms with E-state index in [9.17, 15) is 4.79 Å². The highest BCUT2D eigenvalue weighted by molar-refractivity contribution is 5.97. The summed E-state index contributed by atoms with van der Waals surface area (Å²) in [6.45, 7) is 0. The van der Waals surface area contributed by atoms with Gasteiger partial charge >= 0.3 is 0 Å². The minimum atomic E-state index is -0.274. The second-order valence-electron chi connectivity index (χ2n) is 7.86. The first-order valence-electron chi connectivity index (χ1n) is 10.8. The van der Waals surface area contributed by atoms with Gasteiger partial charge in [0.15, 0.2) is 5.65 Å². The number of aromatic nitrogens is 3. The van der Waals surface area contributed by atoms with Crippen LogP contribution in [0.5, 0.6) is 0 Å². The summed E-state index contributed by atoms with van der Waals surface area (Å²) >= 11 is 0. The van der Waals surface area contributed by atoms with Crippen LogP contribution >= 0.6 is 0 Å². The Morgan fingerprint density at radius 1 is 0.636 bits per heavy atom. The predicted octanol–water partition coefficient (Wildman–Crippen LogP) is 6.24. The molecule has 0 saturated carbocycles. The van der Waals surface area contributed by atoms with Crippen molar-refractivity contribution in [2.75, 3.05) is 0 Å². The molecule has 6 rings (SSSR count). The molecule has 4 heteroatoms. The van der Waals surface area contributed by atoms with Gasteiger partial charge in [-0.3, -0.25) is 9.20 Å². The SMILES string of the molecule is O=c1nc2cc(-c3ccccc3)c(-c3ccccc3)c(-c3ccccc3)n2c2ncccc12. The molecule has 33 heavy (non-hydrogen) atoms. The lowest BCUT2D eigenvalue weighted by molar-refractivity contribution is 1.11. The molecule has 4 nitrogen and oxygen atoms in total. The van der Waals surface area contributed by atoms with Gasteiger partial charge in [-0.2, -0.15) is 4.98 Å². The molecular formula is C29H19N3O. The molecular weight excluding hydrogens is 406 g/mol. The normalized spacial score (nSPS) is 11.2. The van der Waals surface area contributed by atoms with Gasteiger partial charge in [0.1, 0.15) is 5.65 Å². The number of pyridine rings is 2. The first-order chi connectivity index (χ1) is 16.3. The third-order valence-corrected chi connectivity index (χ3v) is 5.87. The fraction of sp³-hybridized carbons (Fsp3) is 0. The van der Waals surface area contributed by atoms with Gasteiger partial charge in [0, 0.05) is 11.8 Å². The van der Waals surface area contributed by atoms with Crippen LogP contribution in [-0.4, -0.2) is 14.4 Å². The van der Waals surface area contributed by atoms with Gasteiger partial charge in [0.2, 0.25) is 0 Å². The third-order valence-electron chi connectivity index (χ3n) is 5.87. The van der Waals surface area contributed by atoms with Crippen LogP contribution in [0.4, 0.5) is 0 Å². The van der Waals surface area contributed by atoms with E-state index in [1.54, 1.807) is 18.3 Å². The van der Waals surface area contributed by atoms with Crippen molar-refractivity contribution in [2.24, 2.45) is 0 Å². The van der Waals surface area contributed by atoms with Crippen molar-refractivity contribution in [3.8, 4) is 33.5 Å². The maximum absolute atomic E-state index is 12.9. The Kier molecular flexibility index (Phi) is 4.55. The molecule has 0 spiro atoms. The quantitative estimate of drug-likeness (QED) is 0.315. The molecule has 3 aromatic carbocycles. The molecule has 0 atom stereocenters. The fourth-order valence-electron chi connectivity index (χ4n) is 4.43. The molecule has 0 bridgehead atoms. The molecule has 0 radical (unpaired) electrons. The van der Waals surface area contributed by atoms with E-state index in [2.05, 4.69) is 46.4 Å². The number of hydrogen-bond donors (Lipinski definition) is 0. The van der Waals surface area contributed by atoms with E-state index in [1.807, 2.05) is 65.1 Å². The second-order valence-corrected chi connectivity index (χ2v) is 7.86. The van der Waals surface area contributed by atoms with Crippen LogP contribution in [0.1, 0.15) is 0 Å². The van der Waals surface area contributed by atoms with Crippen LogP contribution in [0.25, 0.3) is 50.2 Å². The lowest BCUT2D eigenvalue weighted by Gasteiger charge is -2.20. The summed E-state index contributed by atoms with van der Waals surface area (Å²) in [5, 5.41) is 0.499. The van der Waals surface area contributed by atoms with Gasteiger partial charge in [-0.05, 0) is 40.5 Å². The van der Waals surface area contributed by atoms with E-state index < -0.39 is 0 Å². The van der Waals surface area contributed by atoms with E-state index >= 15 is 0 Å². The zero-order chi connectivity index (χ0) is 22.2. The summed E-state index contributed by atoms with van der Waals surface area (Å²) in [5.41, 5.74) is 7.10. The summed E-state index contributed by atoms with van der Waals surface area (Å²) in [6, 6.07) is 36.4. The molecule has 3 aromatic heterocycles. The molecule has 156 valence electrons.